The number of pyridine rings is 1. The van der Waals surface area contributed by atoms with Crippen LogP contribution in [-0.4, -0.2) is 19.9 Å². The molecule has 8 nitrogen and oxygen atoms in total. The Kier molecular flexibility index (Phi) is 5.71. The van der Waals surface area contributed by atoms with Crippen molar-refractivity contribution in [1.29, 1.82) is 0 Å². The van der Waals surface area contributed by atoms with E-state index in [1.165, 1.54) is 18.3 Å². The van der Waals surface area contributed by atoms with Crippen molar-refractivity contribution in [3.05, 3.63) is 68.6 Å². The first kappa shape index (κ1) is 20.6. The van der Waals surface area contributed by atoms with Crippen LogP contribution < -0.4 is 10.6 Å². The van der Waals surface area contributed by atoms with E-state index in [1.807, 2.05) is 0 Å². The molecule has 0 aliphatic carbocycles. The third kappa shape index (κ3) is 4.81. The van der Waals surface area contributed by atoms with Crippen molar-refractivity contribution in [2.45, 2.75) is 6.18 Å². The van der Waals surface area contributed by atoms with Crippen molar-refractivity contribution in [2.24, 2.45) is 0 Å². The molecule has 0 saturated carbocycles. The highest BCUT2D eigenvalue weighted by Crippen LogP contribution is 2.37. The van der Waals surface area contributed by atoms with Crippen LogP contribution in [0.25, 0.3) is 0 Å². The maximum atomic E-state index is 12.9. The summed E-state index contributed by atoms with van der Waals surface area (Å²) in [5, 5.41) is 17.0. The molecule has 2 heterocycles. The lowest BCUT2D eigenvalue weighted by Crippen LogP contribution is -2.08. The fourth-order valence-electron chi connectivity index (χ4n) is 2.23. The van der Waals surface area contributed by atoms with Crippen LogP contribution >= 0.6 is 23.2 Å². The number of nitrogens with one attached hydrogen (secondary N) is 2. The highest BCUT2D eigenvalue weighted by Gasteiger charge is 2.31. The van der Waals surface area contributed by atoms with Gasteiger partial charge in [-0.1, -0.05) is 23.2 Å². The fourth-order valence-corrected chi connectivity index (χ4v) is 2.51. The van der Waals surface area contributed by atoms with Gasteiger partial charge in [0.1, 0.15) is 12.1 Å². The zero-order valence-corrected chi connectivity index (χ0v) is 15.5. The molecule has 29 heavy (non-hydrogen) atoms. The summed E-state index contributed by atoms with van der Waals surface area (Å²) in [4.78, 5) is 22.3. The van der Waals surface area contributed by atoms with Gasteiger partial charge in [-0.25, -0.2) is 15.0 Å². The van der Waals surface area contributed by atoms with Crippen LogP contribution in [0.15, 0.2) is 42.9 Å². The molecule has 150 valence electrons. The molecule has 0 aliphatic heterocycles. The van der Waals surface area contributed by atoms with Gasteiger partial charge in [0.2, 0.25) is 11.6 Å². The van der Waals surface area contributed by atoms with Gasteiger partial charge < -0.3 is 10.6 Å². The summed E-state index contributed by atoms with van der Waals surface area (Å²) in [5.74, 6) is -0.382. The van der Waals surface area contributed by atoms with Crippen LogP contribution in [-0.2, 0) is 6.18 Å². The van der Waals surface area contributed by atoms with E-state index in [-0.39, 0.29) is 28.2 Å². The van der Waals surface area contributed by atoms with E-state index >= 15 is 0 Å². The Labute approximate surface area is 170 Å². The topological polar surface area (TPSA) is 106 Å². The number of nitrogens with zero attached hydrogens (tertiary/aromatic N) is 4. The van der Waals surface area contributed by atoms with Crippen molar-refractivity contribution in [3.63, 3.8) is 0 Å². The summed E-state index contributed by atoms with van der Waals surface area (Å²) in [6, 6.07) is 5.51. The Balaban J connectivity index is 2.00. The summed E-state index contributed by atoms with van der Waals surface area (Å²) in [7, 11) is 0. The van der Waals surface area contributed by atoms with Crippen molar-refractivity contribution in [1.82, 2.24) is 15.0 Å². The second-order valence-electron chi connectivity index (χ2n) is 5.48. The van der Waals surface area contributed by atoms with Crippen LogP contribution in [0.4, 0.5) is 42.0 Å². The SMILES string of the molecule is O=[N+]([O-])c1c(Nc2ccc(Cl)cn2)ncnc1Nc1cc(C(F)(F)F)ccc1Cl. The van der Waals surface area contributed by atoms with Gasteiger partial charge in [0, 0.05) is 6.20 Å². The smallest absolute Gasteiger partial charge is 0.333 e. The molecule has 0 atom stereocenters. The second-order valence-corrected chi connectivity index (χ2v) is 6.32. The lowest BCUT2D eigenvalue weighted by molar-refractivity contribution is -0.383. The largest absolute Gasteiger partial charge is 0.416 e. The van der Waals surface area contributed by atoms with Crippen molar-refractivity contribution in [3.8, 4) is 0 Å². The molecule has 0 radical (unpaired) electrons. The standard InChI is InChI=1S/C16H9Cl2F3N6O2/c17-9-2-4-12(22-6-9)26-15-13(27(28)29)14(23-7-24-15)25-11-5-8(16(19,20)21)1-3-10(11)18/h1-7H,(H2,22,23,24,25,26). The average molecular weight is 445 g/mol. The van der Waals surface area contributed by atoms with Crippen molar-refractivity contribution >= 4 is 52.0 Å². The van der Waals surface area contributed by atoms with Gasteiger partial charge in [0.25, 0.3) is 0 Å². The molecule has 0 bridgehead atoms. The Hall–Kier alpha value is -3.18. The summed E-state index contributed by atoms with van der Waals surface area (Å²) >= 11 is 11.7. The molecule has 1 aromatic carbocycles. The molecule has 13 heteroatoms. The minimum atomic E-state index is -4.62. The predicted molar refractivity (Wildman–Crippen MR) is 101 cm³/mol. The Bertz CT molecular complexity index is 1060. The third-order valence-electron chi connectivity index (χ3n) is 3.53. The molecular weight excluding hydrogens is 436 g/mol. The highest BCUT2D eigenvalue weighted by atomic mass is 35.5. The van der Waals surface area contributed by atoms with Gasteiger partial charge in [0.15, 0.2) is 0 Å². The van der Waals surface area contributed by atoms with E-state index in [9.17, 15) is 23.3 Å². The second kappa shape index (κ2) is 8.05. The third-order valence-corrected chi connectivity index (χ3v) is 4.08. The van der Waals surface area contributed by atoms with Crippen LogP contribution in [0.1, 0.15) is 5.56 Å². The normalized spacial score (nSPS) is 11.2. The van der Waals surface area contributed by atoms with Gasteiger partial charge in [-0.2, -0.15) is 13.2 Å². The van der Waals surface area contributed by atoms with Gasteiger partial charge >= 0.3 is 11.9 Å². The van der Waals surface area contributed by atoms with Crippen LogP contribution in [0.5, 0.6) is 0 Å². The molecule has 0 unspecified atom stereocenters. The number of hydrogen-bond acceptors (Lipinski definition) is 7. The van der Waals surface area contributed by atoms with Gasteiger partial charge in [-0.3, -0.25) is 10.1 Å². The lowest BCUT2D eigenvalue weighted by Gasteiger charge is -2.13. The summed E-state index contributed by atoms with van der Waals surface area (Å²) in [6.45, 7) is 0. The monoisotopic (exact) mass is 444 g/mol. The first-order chi connectivity index (χ1) is 13.6. The quantitative estimate of drug-likeness (QED) is 0.389. The van der Waals surface area contributed by atoms with E-state index in [0.717, 1.165) is 24.5 Å². The number of halogens is 5. The van der Waals surface area contributed by atoms with Crippen LogP contribution in [0.2, 0.25) is 10.0 Å². The molecule has 3 rings (SSSR count). The van der Waals surface area contributed by atoms with Gasteiger partial charge in [0.05, 0.1) is 26.2 Å². The molecular formula is C16H9Cl2F3N6O2. The number of hydrogen-bond donors (Lipinski definition) is 2. The van der Waals surface area contributed by atoms with Crippen molar-refractivity contribution < 1.29 is 18.1 Å². The van der Waals surface area contributed by atoms with E-state index in [2.05, 4.69) is 25.6 Å². The Morgan fingerprint density at radius 1 is 1.00 bits per heavy atom. The number of benzene rings is 1. The van der Waals surface area contributed by atoms with Crippen LogP contribution in [0.3, 0.4) is 0 Å². The summed E-state index contributed by atoms with van der Waals surface area (Å²) in [6.07, 6.45) is -2.31. The maximum absolute atomic E-state index is 12.9. The zero-order chi connectivity index (χ0) is 21.2. The number of alkyl halides is 3. The minimum Gasteiger partial charge on any atom is -0.333 e. The number of anilines is 4. The fraction of sp³-hybridized carbons (Fsp3) is 0.0625. The first-order valence-corrected chi connectivity index (χ1v) is 8.42. The van der Waals surface area contributed by atoms with Gasteiger partial charge in [-0.05, 0) is 30.3 Å². The van der Waals surface area contributed by atoms with E-state index in [4.69, 9.17) is 23.2 Å². The molecule has 0 fully saturated rings. The number of nitro groups is 1. The van der Waals surface area contributed by atoms with E-state index < -0.39 is 22.4 Å². The average Bonchev–Trinajstić information content (AvgIpc) is 2.64. The Morgan fingerprint density at radius 2 is 1.69 bits per heavy atom. The minimum absolute atomic E-state index is 0.0835. The molecule has 0 spiro atoms. The molecule has 0 saturated heterocycles. The van der Waals surface area contributed by atoms with E-state index in [0.29, 0.717) is 5.02 Å². The molecule has 3 aromatic rings. The number of rotatable bonds is 5. The predicted octanol–water partition coefficient (Wildman–Crippen LogP) is 5.59. The summed E-state index contributed by atoms with van der Waals surface area (Å²) in [5.41, 5.74) is -1.80. The summed E-state index contributed by atoms with van der Waals surface area (Å²) < 4.78 is 38.8. The zero-order valence-electron chi connectivity index (χ0n) is 14.0. The molecule has 2 aromatic heterocycles. The van der Waals surface area contributed by atoms with Gasteiger partial charge in [-0.15, -0.1) is 0 Å². The van der Waals surface area contributed by atoms with Crippen LogP contribution in [0, 0.1) is 10.1 Å². The lowest BCUT2D eigenvalue weighted by atomic mass is 10.2. The van der Waals surface area contributed by atoms with Crippen molar-refractivity contribution in [2.75, 3.05) is 10.6 Å². The molecule has 0 aliphatic rings. The first-order valence-electron chi connectivity index (χ1n) is 7.67. The number of aromatic nitrogens is 3. The Morgan fingerprint density at radius 3 is 2.28 bits per heavy atom. The molecule has 0 amide bonds. The van der Waals surface area contributed by atoms with E-state index in [1.54, 1.807) is 0 Å². The molecule has 2 N–H and O–H groups in total. The maximum Gasteiger partial charge on any atom is 0.416 e. The highest BCUT2D eigenvalue weighted by molar-refractivity contribution is 6.33.